The molecule has 4 rings (SSSR count). The number of aromatic nitrogens is 2. The number of aromatic amines is 1. The molecule has 0 aliphatic carbocycles. The molecule has 124 valence electrons. The van der Waals surface area contributed by atoms with Crippen molar-refractivity contribution in [1.29, 1.82) is 0 Å². The van der Waals surface area contributed by atoms with Crippen molar-refractivity contribution in [1.82, 2.24) is 14.9 Å². The van der Waals surface area contributed by atoms with Crippen LogP contribution in [-0.4, -0.2) is 40.9 Å². The van der Waals surface area contributed by atoms with Crippen LogP contribution in [0.1, 0.15) is 34.8 Å². The number of fused-ring (bicyclic) bond motifs is 1. The van der Waals surface area contributed by atoms with Crippen LogP contribution in [0.25, 0.3) is 11.0 Å². The maximum Gasteiger partial charge on any atom is 0.274 e. The van der Waals surface area contributed by atoms with Crippen molar-refractivity contribution in [2.24, 2.45) is 0 Å². The van der Waals surface area contributed by atoms with E-state index in [2.05, 4.69) is 27.2 Å². The van der Waals surface area contributed by atoms with Crippen LogP contribution < -0.4 is 5.32 Å². The van der Waals surface area contributed by atoms with Gasteiger partial charge in [-0.25, -0.2) is 4.98 Å². The standard InChI is InChI=1S/C18H20N4O2/c1-22-7-4-12(5-8-22)14-10-19-15-2-3-16(21-17(14)15)18(23)20-13-6-9-24-11-13/h2-3,6,9-12,19H,4-5,7-8H2,1H3,(H,20,23). The minimum atomic E-state index is -0.228. The molecule has 4 heterocycles. The third kappa shape index (κ3) is 2.80. The summed E-state index contributed by atoms with van der Waals surface area (Å²) in [4.78, 5) is 22.6. The molecular weight excluding hydrogens is 304 g/mol. The summed E-state index contributed by atoms with van der Waals surface area (Å²) in [6.45, 7) is 2.19. The zero-order chi connectivity index (χ0) is 16.5. The highest BCUT2D eigenvalue weighted by Crippen LogP contribution is 2.32. The number of amides is 1. The Morgan fingerprint density at radius 2 is 2.17 bits per heavy atom. The van der Waals surface area contributed by atoms with E-state index in [4.69, 9.17) is 4.42 Å². The van der Waals surface area contributed by atoms with E-state index in [1.165, 1.54) is 18.1 Å². The van der Waals surface area contributed by atoms with Gasteiger partial charge >= 0.3 is 0 Å². The average Bonchev–Trinajstić information content (AvgIpc) is 3.24. The van der Waals surface area contributed by atoms with E-state index in [-0.39, 0.29) is 5.91 Å². The summed E-state index contributed by atoms with van der Waals surface area (Å²) in [6, 6.07) is 5.37. The molecule has 0 unspecified atom stereocenters. The van der Waals surface area contributed by atoms with Crippen molar-refractivity contribution in [2.45, 2.75) is 18.8 Å². The third-order valence-corrected chi connectivity index (χ3v) is 4.72. The number of anilines is 1. The fraction of sp³-hybridized carbons (Fsp3) is 0.333. The van der Waals surface area contributed by atoms with Gasteiger partial charge in [0, 0.05) is 6.20 Å². The first kappa shape index (κ1) is 15.0. The first-order chi connectivity index (χ1) is 11.7. The van der Waals surface area contributed by atoms with Crippen molar-refractivity contribution in [3.63, 3.8) is 0 Å². The van der Waals surface area contributed by atoms with Gasteiger partial charge in [-0.05, 0) is 62.7 Å². The lowest BCUT2D eigenvalue weighted by atomic mass is 9.90. The third-order valence-electron chi connectivity index (χ3n) is 4.72. The van der Waals surface area contributed by atoms with Gasteiger partial charge in [0.25, 0.3) is 5.91 Å². The van der Waals surface area contributed by atoms with Crippen LogP contribution in [0.2, 0.25) is 0 Å². The number of nitrogens with zero attached hydrogens (tertiary/aromatic N) is 2. The lowest BCUT2D eigenvalue weighted by Gasteiger charge is -2.28. The van der Waals surface area contributed by atoms with Gasteiger partial charge < -0.3 is 19.6 Å². The summed E-state index contributed by atoms with van der Waals surface area (Å²) < 4.78 is 4.97. The highest BCUT2D eigenvalue weighted by molar-refractivity contribution is 6.04. The first-order valence-electron chi connectivity index (χ1n) is 8.21. The molecule has 1 aliphatic heterocycles. The highest BCUT2D eigenvalue weighted by Gasteiger charge is 2.22. The normalized spacial score (nSPS) is 16.5. The monoisotopic (exact) mass is 324 g/mol. The SMILES string of the molecule is CN1CCC(c2c[nH]c3ccc(C(=O)Nc4ccoc4)nc23)CC1. The van der Waals surface area contributed by atoms with E-state index in [1.54, 1.807) is 12.1 Å². The molecular formula is C18H20N4O2. The smallest absolute Gasteiger partial charge is 0.274 e. The minimum absolute atomic E-state index is 0.228. The Kier molecular flexibility index (Phi) is 3.82. The lowest BCUT2D eigenvalue weighted by molar-refractivity contribution is 0.102. The number of nitrogens with one attached hydrogen (secondary N) is 2. The van der Waals surface area contributed by atoms with Gasteiger partial charge in [-0.15, -0.1) is 0 Å². The quantitative estimate of drug-likeness (QED) is 0.776. The first-order valence-corrected chi connectivity index (χ1v) is 8.21. The van der Waals surface area contributed by atoms with Crippen molar-refractivity contribution in [2.75, 3.05) is 25.5 Å². The van der Waals surface area contributed by atoms with Crippen molar-refractivity contribution in [3.05, 3.63) is 48.2 Å². The number of H-pyrrole nitrogens is 1. The molecule has 0 bridgehead atoms. The zero-order valence-electron chi connectivity index (χ0n) is 13.6. The average molecular weight is 324 g/mol. The second kappa shape index (κ2) is 6.13. The van der Waals surface area contributed by atoms with E-state index in [0.717, 1.165) is 37.0 Å². The van der Waals surface area contributed by atoms with Crippen LogP contribution in [0, 0.1) is 0 Å². The van der Waals surface area contributed by atoms with Crippen LogP contribution in [0.5, 0.6) is 0 Å². The number of carbonyl (C=O) groups excluding carboxylic acids is 1. The maximum atomic E-state index is 12.4. The second-order valence-corrected chi connectivity index (χ2v) is 6.38. The Morgan fingerprint density at radius 3 is 2.92 bits per heavy atom. The molecule has 0 atom stereocenters. The Morgan fingerprint density at radius 1 is 1.33 bits per heavy atom. The number of carbonyl (C=O) groups is 1. The number of rotatable bonds is 3. The highest BCUT2D eigenvalue weighted by atomic mass is 16.3. The van der Waals surface area contributed by atoms with E-state index in [9.17, 15) is 4.79 Å². The molecule has 0 radical (unpaired) electrons. The Bertz CT molecular complexity index is 845. The molecule has 1 amide bonds. The van der Waals surface area contributed by atoms with E-state index in [0.29, 0.717) is 17.3 Å². The molecule has 3 aromatic heterocycles. The van der Waals surface area contributed by atoms with Crippen LogP contribution in [0.3, 0.4) is 0 Å². The van der Waals surface area contributed by atoms with E-state index < -0.39 is 0 Å². The molecule has 6 heteroatoms. The maximum absolute atomic E-state index is 12.4. The van der Waals surface area contributed by atoms with Crippen LogP contribution in [0.15, 0.2) is 41.3 Å². The number of hydrogen-bond acceptors (Lipinski definition) is 4. The largest absolute Gasteiger partial charge is 0.470 e. The molecule has 0 spiro atoms. The number of piperidine rings is 1. The van der Waals surface area contributed by atoms with Gasteiger partial charge in [-0.1, -0.05) is 0 Å². The Balaban J connectivity index is 1.62. The molecule has 6 nitrogen and oxygen atoms in total. The van der Waals surface area contributed by atoms with Crippen LogP contribution in [-0.2, 0) is 0 Å². The number of likely N-dealkylation sites (tertiary alicyclic amines) is 1. The molecule has 0 saturated carbocycles. The van der Waals surface area contributed by atoms with Gasteiger partial charge in [0.15, 0.2) is 0 Å². The van der Waals surface area contributed by atoms with Gasteiger partial charge in [-0.2, -0.15) is 0 Å². The van der Waals surface area contributed by atoms with Crippen molar-refractivity contribution in [3.8, 4) is 0 Å². The summed E-state index contributed by atoms with van der Waals surface area (Å²) in [7, 11) is 2.15. The fourth-order valence-electron chi connectivity index (χ4n) is 3.31. The summed E-state index contributed by atoms with van der Waals surface area (Å²) in [5.74, 6) is 0.267. The lowest BCUT2D eigenvalue weighted by Crippen LogP contribution is -2.29. The predicted molar refractivity (Wildman–Crippen MR) is 92.2 cm³/mol. The fourth-order valence-corrected chi connectivity index (χ4v) is 3.31. The topological polar surface area (TPSA) is 74.2 Å². The molecule has 1 aliphatic rings. The van der Waals surface area contributed by atoms with Gasteiger partial charge in [0.2, 0.25) is 0 Å². The van der Waals surface area contributed by atoms with Gasteiger partial charge in [0.1, 0.15) is 12.0 Å². The number of pyridine rings is 1. The van der Waals surface area contributed by atoms with Gasteiger partial charge in [0.05, 0.1) is 23.0 Å². The summed E-state index contributed by atoms with van der Waals surface area (Å²) in [5.41, 5.74) is 4.15. The van der Waals surface area contributed by atoms with Crippen LogP contribution in [0.4, 0.5) is 5.69 Å². The zero-order valence-corrected chi connectivity index (χ0v) is 13.6. The van der Waals surface area contributed by atoms with Crippen molar-refractivity contribution < 1.29 is 9.21 Å². The van der Waals surface area contributed by atoms with E-state index in [1.807, 2.05) is 12.3 Å². The molecule has 2 N–H and O–H groups in total. The van der Waals surface area contributed by atoms with E-state index >= 15 is 0 Å². The molecule has 1 fully saturated rings. The number of furan rings is 1. The molecule has 0 aromatic carbocycles. The minimum Gasteiger partial charge on any atom is -0.470 e. The van der Waals surface area contributed by atoms with Crippen LogP contribution >= 0.6 is 0 Å². The van der Waals surface area contributed by atoms with Crippen molar-refractivity contribution >= 4 is 22.6 Å². The Labute approximate surface area is 139 Å². The summed E-state index contributed by atoms with van der Waals surface area (Å²) in [5, 5.41) is 2.79. The second-order valence-electron chi connectivity index (χ2n) is 6.38. The summed E-state index contributed by atoms with van der Waals surface area (Å²) >= 11 is 0. The van der Waals surface area contributed by atoms with Gasteiger partial charge in [-0.3, -0.25) is 4.79 Å². The molecule has 3 aromatic rings. The molecule has 1 saturated heterocycles. The summed E-state index contributed by atoms with van der Waals surface area (Å²) in [6.07, 6.45) is 7.31. The molecule has 24 heavy (non-hydrogen) atoms. The number of hydrogen-bond donors (Lipinski definition) is 2. The predicted octanol–water partition coefficient (Wildman–Crippen LogP) is 3.22. The Hall–Kier alpha value is -2.60.